The molecule has 1 fully saturated rings. The summed E-state index contributed by atoms with van der Waals surface area (Å²) in [6, 6.07) is 7.00. The fourth-order valence-corrected chi connectivity index (χ4v) is 8.26. The molecule has 1 aromatic carbocycles. The number of nitrogens with one attached hydrogen (secondary N) is 1. The number of rotatable bonds is 22. The summed E-state index contributed by atoms with van der Waals surface area (Å²) < 4.78 is 17.1. The largest absolute Gasteiger partial charge is 0.450 e. The Labute approximate surface area is 336 Å². The van der Waals surface area contributed by atoms with E-state index in [2.05, 4.69) is 5.32 Å². The Bertz CT molecular complexity index is 1410. The summed E-state index contributed by atoms with van der Waals surface area (Å²) in [6.45, 7) is 17.5. The van der Waals surface area contributed by atoms with E-state index in [9.17, 15) is 29.1 Å². The Hall–Kier alpha value is -3.55. The van der Waals surface area contributed by atoms with Gasteiger partial charge < -0.3 is 39.3 Å². The second-order valence-corrected chi connectivity index (χ2v) is 16.3. The lowest BCUT2D eigenvalue weighted by Crippen LogP contribution is -2.55. The van der Waals surface area contributed by atoms with Crippen molar-refractivity contribution in [3.8, 4) is 0 Å². The second-order valence-electron chi connectivity index (χ2n) is 16.3. The van der Waals surface area contributed by atoms with Gasteiger partial charge in [0.15, 0.2) is 5.78 Å². The van der Waals surface area contributed by atoms with E-state index in [1.807, 2.05) is 71.9 Å². The van der Waals surface area contributed by atoms with E-state index >= 15 is 0 Å². The third kappa shape index (κ3) is 12.5. The molecule has 1 aromatic rings. The number of Topliss-reactive ketones (excluding diaryl/α,β-unsaturated/α-hetero) is 1. The number of ketones is 1. The Morgan fingerprint density at radius 3 is 2.04 bits per heavy atom. The zero-order chi connectivity index (χ0) is 42.4. The van der Waals surface area contributed by atoms with Gasteiger partial charge in [0.25, 0.3) is 0 Å². The number of benzene rings is 1. The molecule has 318 valence electrons. The molecule has 1 saturated heterocycles. The van der Waals surface area contributed by atoms with Crippen LogP contribution in [-0.2, 0) is 33.4 Å². The van der Waals surface area contributed by atoms with Crippen LogP contribution < -0.4 is 5.32 Å². The Morgan fingerprint density at radius 1 is 0.893 bits per heavy atom. The van der Waals surface area contributed by atoms with Crippen molar-refractivity contribution in [3.05, 3.63) is 35.9 Å². The smallest absolute Gasteiger partial charge is 0.410 e. The summed E-state index contributed by atoms with van der Waals surface area (Å²) in [7, 11) is 6.36. The van der Waals surface area contributed by atoms with Crippen LogP contribution in [0.25, 0.3) is 0 Å². The van der Waals surface area contributed by atoms with Crippen molar-refractivity contribution in [2.24, 2.45) is 29.6 Å². The van der Waals surface area contributed by atoms with E-state index in [0.29, 0.717) is 24.9 Å². The Morgan fingerprint density at radius 2 is 1.52 bits per heavy atom. The fourth-order valence-electron chi connectivity index (χ4n) is 8.26. The summed E-state index contributed by atoms with van der Waals surface area (Å²) in [5.41, 5.74) is 0.700. The van der Waals surface area contributed by atoms with Crippen LogP contribution in [-0.4, -0.2) is 127 Å². The second kappa shape index (κ2) is 23.0. The van der Waals surface area contributed by atoms with Crippen molar-refractivity contribution in [1.29, 1.82) is 0 Å². The number of aliphatic hydroxyl groups excluding tert-OH is 1. The van der Waals surface area contributed by atoms with Crippen LogP contribution in [0.5, 0.6) is 0 Å². The fraction of sp³-hybridized carbons (Fsp3) is 0.744. The van der Waals surface area contributed by atoms with Crippen molar-refractivity contribution in [2.45, 2.75) is 137 Å². The third-order valence-corrected chi connectivity index (χ3v) is 11.7. The van der Waals surface area contributed by atoms with Gasteiger partial charge in [0.2, 0.25) is 17.7 Å². The number of methoxy groups -OCH3 is 2. The van der Waals surface area contributed by atoms with Gasteiger partial charge in [0.1, 0.15) is 0 Å². The van der Waals surface area contributed by atoms with E-state index < -0.39 is 54.4 Å². The number of carbonyl (C=O) groups is 5. The standard InChI is InChI=1S/C43H72N4O9/c1-14-28(7)38(45(10)42(52)32(26(3)4)24-34(48)37(27(5)6)46(11)43(53)56-15-2)35(54-12)25-36(49)47-23-19-22-33(47)40(55-13)29(8)41(51)44-30(9)39(50)31-20-17-16-18-21-31/h16-18,20-21,26-30,32-33,35,37-40,50H,14-15,19,22-25H2,1-13H3,(H,44,51)/t28-,29+,30+,32-,33-,35+,37-,38-,39+,40+/m0/s1. The molecule has 56 heavy (non-hydrogen) atoms. The average molecular weight is 789 g/mol. The van der Waals surface area contributed by atoms with Gasteiger partial charge in [-0.1, -0.05) is 85.2 Å². The lowest BCUT2D eigenvalue weighted by Gasteiger charge is -2.41. The monoisotopic (exact) mass is 789 g/mol. The van der Waals surface area contributed by atoms with Crippen molar-refractivity contribution in [3.63, 3.8) is 0 Å². The molecule has 0 bridgehead atoms. The first kappa shape index (κ1) is 48.6. The maximum Gasteiger partial charge on any atom is 0.410 e. The van der Waals surface area contributed by atoms with Crippen LogP contribution in [0.1, 0.15) is 106 Å². The molecule has 1 heterocycles. The van der Waals surface area contributed by atoms with Crippen LogP contribution in [0.4, 0.5) is 4.79 Å². The normalized spacial score (nSPS) is 19.3. The Kier molecular flexibility index (Phi) is 20.0. The molecule has 1 aliphatic rings. The zero-order valence-corrected chi connectivity index (χ0v) is 36.3. The summed E-state index contributed by atoms with van der Waals surface area (Å²) in [5, 5.41) is 13.8. The number of nitrogens with zero attached hydrogens (tertiary/aromatic N) is 3. The molecule has 13 heteroatoms. The summed E-state index contributed by atoms with van der Waals surface area (Å²) in [4.78, 5) is 73.3. The molecule has 2 rings (SSSR count). The molecular weight excluding hydrogens is 716 g/mol. The molecular formula is C43H72N4O9. The van der Waals surface area contributed by atoms with E-state index in [4.69, 9.17) is 14.2 Å². The summed E-state index contributed by atoms with van der Waals surface area (Å²) in [6.07, 6.45) is -0.675. The lowest BCUT2D eigenvalue weighted by atomic mass is 9.83. The van der Waals surface area contributed by atoms with Crippen LogP contribution in [0, 0.1) is 29.6 Å². The molecule has 2 N–H and O–H groups in total. The number of amides is 4. The SMILES string of the molecule is CCOC(=O)N(C)[C@H](C(=O)C[C@H](C(=O)N(C)[C@@H]([C@@H](C)CC)[C@@H](CC(=O)N1CCC[C@H]1[C@H](OC)[C@@H](C)C(=O)N[C@H](C)[C@@H](O)c1ccccc1)OC)C(C)C)C(C)C. The molecule has 10 atom stereocenters. The zero-order valence-electron chi connectivity index (χ0n) is 36.3. The average Bonchev–Trinajstić information content (AvgIpc) is 3.65. The quantitative estimate of drug-likeness (QED) is 0.155. The maximum absolute atomic E-state index is 14.4. The first-order valence-corrected chi connectivity index (χ1v) is 20.4. The van der Waals surface area contributed by atoms with Crippen molar-refractivity contribution >= 4 is 29.6 Å². The first-order chi connectivity index (χ1) is 26.4. The van der Waals surface area contributed by atoms with Crippen LogP contribution in [0.15, 0.2) is 30.3 Å². The van der Waals surface area contributed by atoms with Crippen LogP contribution >= 0.6 is 0 Å². The highest BCUT2D eigenvalue weighted by atomic mass is 16.6. The Balaban J connectivity index is 2.28. The molecule has 4 amide bonds. The van der Waals surface area contributed by atoms with Crippen LogP contribution in [0.2, 0.25) is 0 Å². The summed E-state index contributed by atoms with van der Waals surface area (Å²) >= 11 is 0. The van der Waals surface area contributed by atoms with E-state index in [1.54, 1.807) is 58.9 Å². The van der Waals surface area contributed by atoms with Gasteiger partial charge >= 0.3 is 6.09 Å². The highest BCUT2D eigenvalue weighted by Gasteiger charge is 2.43. The first-order valence-electron chi connectivity index (χ1n) is 20.4. The third-order valence-electron chi connectivity index (χ3n) is 11.7. The molecule has 0 spiro atoms. The van der Waals surface area contributed by atoms with Crippen molar-refractivity contribution < 1.29 is 43.3 Å². The molecule has 13 nitrogen and oxygen atoms in total. The highest BCUT2D eigenvalue weighted by molar-refractivity contribution is 5.92. The predicted molar refractivity (Wildman–Crippen MR) is 216 cm³/mol. The van der Waals surface area contributed by atoms with Gasteiger partial charge in [-0.2, -0.15) is 0 Å². The number of carbonyl (C=O) groups excluding carboxylic acids is 5. The van der Waals surface area contributed by atoms with Gasteiger partial charge in [0.05, 0.1) is 61.4 Å². The topological polar surface area (TPSA) is 155 Å². The number of likely N-dealkylation sites (tertiary alicyclic amines) is 1. The highest BCUT2D eigenvalue weighted by Crippen LogP contribution is 2.31. The van der Waals surface area contributed by atoms with Gasteiger partial charge in [0, 0.05) is 47.2 Å². The number of hydrogen-bond donors (Lipinski definition) is 2. The van der Waals surface area contributed by atoms with Crippen LogP contribution in [0.3, 0.4) is 0 Å². The summed E-state index contributed by atoms with van der Waals surface area (Å²) in [5.74, 6) is -2.61. The van der Waals surface area contributed by atoms with Crippen molar-refractivity contribution in [2.75, 3.05) is 41.5 Å². The molecule has 1 aliphatic heterocycles. The molecule has 0 unspecified atom stereocenters. The predicted octanol–water partition coefficient (Wildman–Crippen LogP) is 5.49. The van der Waals surface area contributed by atoms with Crippen molar-refractivity contribution in [1.82, 2.24) is 20.0 Å². The van der Waals surface area contributed by atoms with Gasteiger partial charge in [-0.05, 0) is 50.0 Å². The molecule has 0 aromatic heterocycles. The number of likely N-dealkylation sites (N-methyl/N-ethyl adjacent to an activating group) is 2. The minimum Gasteiger partial charge on any atom is -0.450 e. The lowest BCUT2D eigenvalue weighted by molar-refractivity contribution is -0.149. The minimum absolute atomic E-state index is 0.00196. The number of hydrogen-bond acceptors (Lipinski definition) is 9. The number of aliphatic hydroxyl groups is 1. The molecule has 0 saturated carbocycles. The van der Waals surface area contributed by atoms with E-state index in [1.165, 1.54) is 4.90 Å². The van der Waals surface area contributed by atoms with Gasteiger partial charge in [-0.25, -0.2) is 4.79 Å². The molecule has 0 aliphatic carbocycles. The van der Waals surface area contributed by atoms with Gasteiger partial charge in [-0.15, -0.1) is 0 Å². The van der Waals surface area contributed by atoms with E-state index in [-0.39, 0.29) is 66.7 Å². The molecule has 0 radical (unpaired) electrons. The van der Waals surface area contributed by atoms with E-state index in [0.717, 1.165) is 6.42 Å². The van der Waals surface area contributed by atoms with Gasteiger partial charge in [-0.3, -0.25) is 19.2 Å². The maximum atomic E-state index is 14.4. The minimum atomic E-state index is -0.890. The number of ether oxygens (including phenoxy) is 3.